The summed E-state index contributed by atoms with van der Waals surface area (Å²) in [5.41, 5.74) is 0.649. The SMILES string of the molecule is CCN(C(=O)C(C)C)c1cc(F)ccc1Oc1cncnc1N1CC2(CCN(CC3CCC(N(C)C(=O)O)CC3)CC2)C1. The smallest absolute Gasteiger partial charge is 0.407 e. The number of carbonyl (C=O) groups excluding carboxylic acids is 1. The third kappa shape index (κ3) is 6.87. The molecule has 234 valence electrons. The predicted molar refractivity (Wildman–Crippen MR) is 163 cm³/mol. The molecule has 3 fully saturated rings. The summed E-state index contributed by atoms with van der Waals surface area (Å²) in [5.74, 6) is 1.45. The quantitative estimate of drug-likeness (QED) is 0.406. The largest absolute Gasteiger partial charge is 0.465 e. The van der Waals surface area contributed by atoms with Gasteiger partial charge in [-0.05, 0) is 76.6 Å². The fraction of sp³-hybridized carbons (Fsp3) is 0.625. The maximum Gasteiger partial charge on any atom is 0.407 e. The molecular formula is C32H45FN6O4. The molecule has 43 heavy (non-hydrogen) atoms. The number of aromatic nitrogens is 2. The number of ether oxygens (including phenoxy) is 1. The number of hydrogen-bond donors (Lipinski definition) is 1. The molecule has 2 saturated heterocycles. The molecular weight excluding hydrogens is 551 g/mol. The van der Waals surface area contributed by atoms with Gasteiger partial charge in [-0.1, -0.05) is 13.8 Å². The highest BCUT2D eigenvalue weighted by Gasteiger charge is 2.46. The van der Waals surface area contributed by atoms with E-state index in [0.29, 0.717) is 35.5 Å². The van der Waals surface area contributed by atoms with E-state index in [1.807, 2.05) is 20.8 Å². The molecule has 2 aliphatic heterocycles. The van der Waals surface area contributed by atoms with Gasteiger partial charge < -0.3 is 29.4 Å². The van der Waals surface area contributed by atoms with Crippen LogP contribution in [0.5, 0.6) is 11.5 Å². The minimum absolute atomic E-state index is 0.100. The zero-order valence-corrected chi connectivity index (χ0v) is 25.8. The summed E-state index contributed by atoms with van der Waals surface area (Å²) in [6, 6.07) is 4.39. The molecule has 1 aromatic heterocycles. The highest BCUT2D eigenvalue weighted by Crippen LogP contribution is 2.45. The van der Waals surface area contributed by atoms with Crippen LogP contribution < -0.4 is 14.5 Å². The topological polar surface area (TPSA) is 102 Å². The number of rotatable bonds is 9. The molecule has 1 aromatic carbocycles. The monoisotopic (exact) mass is 596 g/mol. The summed E-state index contributed by atoms with van der Waals surface area (Å²) in [4.78, 5) is 40.8. The number of benzene rings is 1. The van der Waals surface area contributed by atoms with E-state index in [-0.39, 0.29) is 23.3 Å². The Morgan fingerprint density at radius 1 is 1.14 bits per heavy atom. The summed E-state index contributed by atoms with van der Waals surface area (Å²) < 4.78 is 20.6. The van der Waals surface area contributed by atoms with Crippen molar-refractivity contribution in [1.82, 2.24) is 19.8 Å². The molecule has 3 aliphatic rings. The standard InChI is InChI=1S/C32H45FN6O4/c1-5-39(30(40)22(2)3)26-16-24(33)8-11-27(26)43-28-17-34-21-35-29(28)38-19-32(20-38)12-14-37(15-13-32)18-23-6-9-25(10-7-23)36(4)31(41)42/h8,11,16-17,21-23,25H,5-7,9-10,12-15,18-20H2,1-4H3,(H,41,42). The minimum Gasteiger partial charge on any atom is -0.465 e. The van der Waals surface area contributed by atoms with Crippen molar-refractivity contribution < 1.29 is 23.8 Å². The average molecular weight is 597 g/mol. The summed E-state index contributed by atoms with van der Waals surface area (Å²) >= 11 is 0. The first kappa shape index (κ1) is 31.0. The van der Waals surface area contributed by atoms with Gasteiger partial charge in [0.2, 0.25) is 5.91 Å². The zero-order valence-electron chi connectivity index (χ0n) is 25.8. The summed E-state index contributed by atoms with van der Waals surface area (Å²) in [5, 5.41) is 9.27. The van der Waals surface area contributed by atoms with Gasteiger partial charge in [0.1, 0.15) is 12.1 Å². The first-order valence-electron chi connectivity index (χ1n) is 15.6. The lowest BCUT2D eigenvalue weighted by atomic mass is 9.71. The second-order valence-corrected chi connectivity index (χ2v) is 12.9. The van der Waals surface area contributed by atoms with Crippen molar-refractivity contribution in [2.75, 3.05) is 56.1 Å². The van der Waals surface area contributed by atoms with Crippen molar-refractivity contribution in [1.29, 1.82) is 0 Å². The number of halogens is 1. The number of carboxylic acid groups (broad SMARTS) is 1. The van der Waals surface area contributed by atoms with E-state index in [0.717, 1.165) is 71.2 Å². The molecule has 0 radical (unpaired) electrons. The van der Waals surface area contributed by atoms with E-state index in [9.17, 15) is 19.1 Å². The molecule has 1 aliphatic carbocycles. The van der Waals surface area contributed by atoms with Crippen molar-refractivity contribution >= 4 is 23.5 Å². The van der Waals surface area contributed by atoms with Gasteiger partial charge in [-0.15, -0.1) is 0 Å². The first-order chi connectivity index (χ1) is 20.6. The van der Waals surface area contributed by atoms with Crippen LogP contribution in [0.15, 0.2) is 30.7 Å². The number of amides is 2. The van der Waals surface area contributed by atoms with E-state index in [2.05, 4.69) is 19.8 Å². The molecule has 1 N–H and O–H groups in total. The van der Waals surface area contributed by atoms with Crippen LogP contribution in [-0.2, 0) is 4.79 Å². The summed E-state index contributed by atoms with van der Waals surface area (Å²) in [6.07, 6.45) is 8.66. The lowest BCUT2D eigenvalue weighted by Gasteiger charge is -2.54. The van der Waals surface area contributed by atoms with Crippen LogP contribution in [0.4, 0.5) is 20.7 Å². The third-order valence-corrected chi connectivity index (χ3v) is 9.62. The van der Waals surface area contributed by atoms with E-state index in [1.165, 1.54) is 23.4 Å². The second kappa shape index (κ2) is 13.0. The highest BCUT2D eigenvalue weighted by molar-refractivity contribution is 5.96. The summed E-state index contributed by atoms with van der Waals surface area (Å²) in [7, 11) is 1.69. The molecule has 0 unspecified atom stereocenters. The molecule has 0 atom stereocenters. The van der Waals surface area contributed by atoms with Gasteiger partial charge in [0.05, 0.1) is 11.9 Å². The average Bonchev–Trinajstić information content (AvgIpc) is 2.98. The lowest BCUT2D eigenvalue weighted by molar-refractivity contribution is -0.121. The van der Waals surface area contributed by atoms with Crippen molar-refractivity contribution in [3.8, 4) is 11.5 Å². The van der Waals surface area contributed by atoms with Crippen LogP contribution in [0.1, 0.15) is 59.3 Å². The number of carbonyl (C=O) groups is 2. The lowest BCUT2D eigenvalue weighted by Crippen LogP contribution is -2.61. The van der Waals surface area contributed by atoms with Crippen molar-refractivity contribution in [3.05, 3.63) is 36.5 Å². The fourth-order valence-corrected chi connectivity index (χ4v) is 6.96. The van der Waals surface area contributed by atoms with Crippen LogP contribution in [0.25, 0.3) is 0 Å². The number of anilines is 2. The number of hydrogen-bond acceptors (Lipinski definition) is 7. The van der Waals surface area contributed by atoms with Gasteiger partial charge in [-0.3, -0.25) is 4.79 Å². The Balaban J connectivity index is 1.18. The molecule has 1 saturated carbocycles. The Kier molecular flexibility index (Phi) is 9.39. The van der Waals surface area contributed by atoms with Crippen molar-refractivity contribution in [2.45, 2.75) is 65.3 Å². The van der Waals surface area contributed by atoms with Gasteiger partial charge in [0, 0.05) is 56.7 Å². The van der Waals surface area contributed by atoms with Crippen molar-refractivity contribution in [2.24, 2.45) is 17.3 Å². The van der Waals surface area contributed by atoms with Gasteiger partial charge in [0.15, 0.2) is 17.3 Å². The molecule has 0 bridgehead atoms. The Morgan fingerprint density at radius 3 is 2.47 bits per heavy atom. The molecule has 1 spiro atoms. The Bertz CT molecular complexity index is 1280. The molecule has 2 amide bonds. The van der Waals surface area contributed by atoms with E-state index < -0.39 is 11.9 Å². The highest BCUT2D eigenvalue weighted by atomic mass is 19.1. The molecule has 3 heterocycles. The Labute approximate surface area is 253 Å². The van der Waals surface area contributed by atoms with Crippen LogP contribution >= 0.6 is 0 Å². The molecule has 11 heteroatoms. The van der Waals surface area contributed by atoms with Gasteiger partial charge in [-0.2, -0.15) is 0 Å². The van der Waals surface area contributed by atoms with E-state index in [1.54, 1.807) is 24.2 Å². The molecule has 2 aromatic rings. The first-order valence-corrected chi connectivity index (χ1v) is 15.6. The minimum atomic E-state index is -0.832. The second-order valence-electron chi connectivity index (χ2n) is 12.9. The zero-order chi connectivity index (χ0) is 30.7. The van der Waals surface area contributed by atoms with Gasteiger partial charge in [0.25, 0.3) is 0 Å². The molecule has 5 rings (SSSR count). The number of likely N-dealkylation sites (tertiary alicyclic amines) is 1. The number of piperidine rings is 1. The fourth-order valence-electron chi connectivity index (χ4n) is 6.96. The maximum absolute atomic E-state index is 14.3. The number of nitrogens with zero attached hydrogens (tertiary/aromatic N) is 6. The molecule has 10 nitrogen and oxygen atoms in total. The van der Waals surface area contributed by atoms with E-state index >= 15 is 0 Å². The van der Waals surface area contributed by atoms with Crippen molar-refractivity contribution in [3.63, 3.8) is 0 Å². The Hall–Kier alpha value is -3.47. The van der Waals surface area contributed by atoms with E-state index in [4.69, 9.17) is 4.74 Å². The van der Waals surface area contributed by atoms with Gasteiger partial charge >= 0.3 is 6.09 Å². The normalized spacial score (nSPS) is 21.9. The van der Waals surface area contributed by atoms with Crippen LogP contribution in [0.2, 0.25) is 0 Å². The van der Waals surface area contributed by atoms with Crippen LogP contribution in [-0.4, -0.2) is 89.2 Å². The Morgan fingerprint density at radius 2 is 1.84 bits per heavy atom. The summed E-state index contributed by atoms with van der Waals surface area (Å²) in [6.45, 7) is 10.9. The third-order valence-electron chi connectivity index (χ3n) is 9.62. The van der Waals surface area contributed by atoms with Crippen LogP contribution in [0.3, 0.4) is 0 Å². The maximum atomic E-state index is 14.3. The predicted octanol–water partition coefficient (Wildman–Crippen LogP) is 5.49. The van der Waals surface area contributed by atoms with Crippen LogP contribution in [0, 0.1) is 23.1 Å². The van der Waals surface area contributed by atoms with Gasteiger partial charge in [-0.25, -0.2) is 19.2 Å².